The molecule has 0 aliphatic carbocycles. The zero-order valence-electron chi connectivity index (χ0n) is 19.2. The van der Waals surface area contributed by atoms with Crippen LogP contribution in [0.3, 0.4) is 0 Å². The lowest BCUT2D eigenvalue weighted by molar-refractivity contribution is -0.123. The SMILES string of the molecule is CN(C)C(C)(C)c1ccc(N2CCC(NS(=O)(=O)/C=C/c3ccc(Cl)s3)C2=O)c(F)c1.O=CO. The van der Waals surface area contributed by atoms with Gasteiger partial charge in [-0.3, -0.25) is 9.59 Å². The molecular formula is C22H27ClFN3O5S2. The van der Waals surface area contributed by atoms with Crippen molar-refractivity contribution in [3.8, 4) is 0 Å². The summed E-state index contributed by atoms with van der Waals surface area (Å²) in [5.74, 6) is -0.992. The van der Waals surface area contributed by atoms with E-state index in [1.54, 1.807) is 24.3 Å². The molecule has 1 aromatic heterocycles. The fourth-order valence-corrected chi connectivity index (χ4v) is 5.27. The van der Waals surface area contributed by atoms with Crippen LogP contribution in [-0.2, 0) is 25.2 Å². The maximum absolute atomic E-state index is 14.9. The third kappa shape index (κ3) is 6.86. The van der Waals surface area contributed by atoms with Gasteiger partial charge in [0, 0.05) is 22.4 Å². The molecule has 1 aromatic carbocycles. The van der Waals surface area contributed by atoms with Gasteiger partial charge in [-0.15, -0.1) is 11.3 Å². The zero-order valence-corrected chi connectivity index (χ0v) is 21.5. The number of halogens is 2. The first-order valence-electron chi connectivity index (χ1n) is 10.1. The molecule has 0 radical (unpaired) electrons. The van der Waals surface area contributed by atoms with E-state index in [4.69, 9.17) is 21.5 Å². The number of benzene rings is 1. The highest BCUT2D eigenvalue weighted by atomic mass is 35.5. The molecule has 0 saturated carbocycles. The molecule has 2 N–H and O–H groups in total. The number of hydrogen-bond donors (Lipinski definition) is 2. The number of sulfonamides is 1. The van der Waals surface area contributed by atoms with Crippen molar-refractivity contribution in [1.29, 1.82) is 0 Å². The molecule has 34 heavy (non-hydrogen) atoms. The summed E-state index contributed by atoms with van der Waals surface area (Å²) >= 11 is 7.08. The van der Waals surface area contributed by atoms with Gasteiger partial charge in [0.2, 0.25) is 15.9 Å². The standard InChI is InChI=1S/C21H25ClFN3O3S2.CH2O2/c1-21(2,25(3)4)14-5-7-18(16(23)13-14)26-11-9-17(20(26)27)24-31(28,29)12-10-15-6-8-19(22)30-15;2-1-3/h5-8,10,12-13,17,24H,9,11H2,1-4H3;1H,(H,2,3)/b12-10+;. The summed E-state index contributed by atoms with van der Waals surface area (Å²) in [6.07, 6.45) is 1.67. The lowest BCUT2D eigenvalue weighted by Crippen LogP contribution is -2.41. The topological polar surface area (TPSA) is 107 Å². The molecule has 12 heteroatoms. The smallest absolute Gasteiger partial charge is 0.290 e. The number of hydrogen-bond acceptors (Lipinski definition) is 6. The van der Waals surface area contributed by atoms with Crippen molar-refractivity contribution >= 4 is 57.1 Å². The first-order chi connectivity index (χ1) is 15.8. The van der Waals surface area contributed by atoms with E-state index in [1.807, 2.05) is 32.8 Å². The highest BCUT2D eigenvalue weighted by molar-refractivity contribution is 7.92. The Kier molecular flexibility index (Phi) is 9.37. The van der Waals surface area contributed by atoms with Crippen LogP contribution in [0.1, 0.15) is 30.7 Å². The van der Waals surface area contributed by atoms with E-state index in [9.17, 15) is 17.6 Å². The summed E-state index contributed by atoms with van der Waals surface area (Å²) in [7, 11) is -0.0305. The van der Waals surface area contributed by atoms with Gasteiger partial charge < -0.3 is 14.9 Å². The average Bonchev–Trinajstić information content (AvgIpc) is 3.32. The van der Waals surface area contributed by atoms with E-state index in [0.29, 0.717) is 9.21 Å². The van der Waals surface area contributed by atoms with Gasteiger partial charge in [0.1, 0.15) is 11.9 Å². The third-order valence-corrected chi connectivity index (χ3v) is 7.88. The Bertz CT molecular complexity index is 1170. The van der Waals surface area contributed by atoms with Gasteiger partial charge >= 0.3 is 0 Å². The second-order valence-electron chi connectivity index (χ2n) is 8.16. The van der Waals surface area contributed by atoms with Crippen LogP contribution in [0.25, 0.3) is 6.08 Å². The molecule has 1 atom stereocenters. The van der Waals surface area contributed by atoms with Crippen molar-refractivity contribution in [2.24, 2.45) is 0 Å². The maximum Gasteiger partial charge on any atom is 0.290 e. The number of carbonyl (C=O) groups excluding carboxylic acids is 1. The van der Waals surface area contributed by atoms with Crippen molar-refractivity contribution in [3.63, 3.8) is 0 Å². The minimum atomic E-state index is -3.85. The number of anilines is 1. The zero-order chi connectivity index (χ0) is 25.7. The molecule has 1 amide bonds. The van der Waals surface area contributed by atoms with Crippen molar-refractivity contribution < 1.29 is 27.5 Å². The largest absolute Gasteiger partial charge is 0.483 e. The van der Waals surface area contributed by atoms with Gasteiger partial charge in [-0.25, -0.2) is 12.8 Å². The second-order valence-corrected chi connectivity index (χ2v) is 11.5. The summed E-state index contributed by atoms with van der Waals surface area (Å²) in [4.78, 5) is 25.1. The van der Waals surface area contributed by atoms with Gasteiger partial charge in [0.15, 0.2) is 0 Å². The maximum atomic E-state index is 14.9. The molecule has 0 bridgehead atoms. The Hall–Kier alpha value is -2.31. The molecule has 0 spiro atoms. The second kappa shape index (κ2) is 11.4. The van der Waals surface area contributed by atoms with Gasteiger partial charge in [0.05, 0.1) is 10.0 Å². The lowest BCUT2D eigenvalue weighted by atomic mass is 9.92. The molecule has 186 valence electrons. The number of thiophene rings is 1. The molecule has 1 aliphatic rings. The predicted molar refractivity (Wildman–Crippen MR) is 133 cm³/mol. The predicted octanol–water partition coefficient (Wildman–Crippen LogP) is 3.73. The first kappa shape index (κ1) is 27.9. The Morgan fingerprint density at radius 3 is 2.47 bits per heavy atom. The quantitative estimate of drug-likeness (QED) is 0.527. The molecule has 2 heterocycles. The average molecular weight is 532 g/mol. The lowest BCUT2D eigenvalue weighted by Gasteiger charge is -2.33. The van der Waals surface area contributed by atoms with E-state index in [0.717, 1.165) is 11.0 Å². The highest BCUT2D eigenvalue weighted by Crippen LogP contribution is 2.31. The molecule has 1 fully saturated rings. The van der Waals surface area contributed by atoms with E-state index < -0.39 is 27.8 Å². The summed E-state index contributed by atoms with van der Waals surface area (Å²) in [6.45, 7) is 3.93. The van der Waals surface area contributed by atoms with E-state index in [1.165, 1.54) is 28.4 Å². The van der Waals surface area contributed by atoms with Crippen LogP contribution >= 0.6 is 22.9 Å². The van der Waals surface area contributed by atoms with Crippen molar-refractivity contribution in [1.82, 2.24) is 9.62 Å². The normalized spacial score (nSPS) is 16.7. The molecular weight excluding hydrogens is 505 g/mol. The highest BCUT2D eigenvalue weighted by Gasteiger charge is 2.36. The number of nitrogens with zero attached hydrogens (tertiary/aromatic N) is 2. The molecule has 8 nitrogen and oxygen atoms in total. The molecule has 3 rings (SSSR count). The van der Waals surface area contributed by atoms with E-state index >= 15 is 0 Å². The van der Waals surface area contributed by atoms with Crippen molar-refractivity contribution in [3.05, 3.63) is 56.3 Å². The molecule has 1 unspecified atom stereocenters. The molecule has 1 saturated heterocycles. The number of carbonyl (C=O) groups is 2. The minimum absolute atomic E-state index is 0.147. The molecule has 2 aromatic rings. The van der Waals surface area contributed by atoms with Crippen LogP contribution in [0.2, 0.25) is 4.34 Å². The monoisotopic (exact) mass is 531 g/mol. The van der Waals surface area contributed by atoms with Crippen LogP contribution in [0, 0.1) is 5.82 Å². The Morgan fingerprint density at radius 1 is 1.29 bits per heavy atom. The van der Waals surface area contributed by atoms with Crippen LogP contribution in [0.4, 0.5) is 10.1 Å². The summed E-state index contributed by atoms with van der Waals surface area (Å²) in [5, 5.41) is 7.89. The van der Waals surface area contributed by atoms with Crippen LogP contribution < -0.4 is 9.62 Å². The fraction of sp³-hybridized carbons (Fsp3) is 0.364. The summed E-state index contributed by atoms with van der Waals surface area (Å²) < 4.78 is 42.5. The van der Waals surface area contributed by atoms with Crippen molar-refractivity contribution in [2.75, 3.05) is 25.5 Å². The van der Waals surface area contributed by atoms with E-state index in [-0.39, 0.29) is 30.7 Å². The van der Waals surface area contributed by atoms with Gasteiger partial charge in [-0.05, 0) is 70.3 Å². The van der Waals surface area contributed by atoms with Gasteiger partial charge in [-0.1, -0.05) is 17.7 Å². The fourth-order valence-electron chi connectivity index (χ4n) is 3.21. The van der Waals surface area contributed by atoms with Gasteiger partial charge in [0.25, 0.3) is 6.47 Å². The Morgan fingerprint density at radius 2 is 1.94 bits per heavy atom. The summed E-state index contributed by atoms with van der Waals surface area (Å²) in [6, 6.07) is 7.21. The van der Waals surface area contributed by atoms with Crippen LogP contribution in [-0.4, -0.2) is 57.5 Å². The first-order valence-corrected chi connectivity index (χ1v) is 12.9. The number of nitrogens with one attached hydrogen (secondary N) is 1. The van der Waals surface area contributed by atoms with Crippen molar-refractivity contribution in [2.45, 2.75) is 31.8 Å². The number of rotatable bonds is 7. The minimum Gasteiger partial charge on any atom is -0.483 e. The third-order valence-electron chi connectivity index (χ3n) is 5.58. The van der Waals surface area contributed by atoms with Crippen LogP contribution in [0.15, 0.2) is 35.7 Å². The van der Waals surface area contributed by atoms with Gasteiger partial charge in [-0.2, -0.15) is 4.72 Å². The van der Waals surface area contributed by atoms with Crippen LogP contribution in [0.5, 0.6) is 0 Å². The summed E-state index contributed by atoms with van der Waals surface area (Å²) in [5.41, 5.74) is 0.543. The Labute approximate surface area is 207 Å². The Balaban J connectivity index is 0.00000129. The number of carboxylic acid groups (broad SMARTS) is 1. The van der Waals surface area contributed by atoms with E-state index in [2.05, 4.69) is 4.72 Å². The molecule has 1 aliphatic heterocycles. The number of amides is 1.